The Morgan fingerprint density at radius 1 is 1.50 bits per heavy atom. The van der Waals surface area contributed by atoms with Crippen molar-refractivity contribution in [3.8, 4) is 0 Å². The summed E-state index contributed by atoms with van der Waals surface area (Å²) in [5, 5.41) is 9.01. The van der Waals surface area contributed by atoms with Gasteiger partial charge in [-0.1, -0.05) is 6.92 Å². The summed E-state index contributed by atoms with van der Waals surface area (Å²) in [5.41, 5.74) is 4.70. The Morgan fingerprint density at radius 3 is 2.72 bits per heavy atom. The molecule has 0 aromatic carbocycles. The summed E-state index contributed by atoms with van der Waals surface area (Å²) in [6.45, 7) is 4.80. The molecular weight excluding hydrogens is 234 g/mol. The molecule has 0 bridgehead atoms. The highest BCUT2D eigenvalue weighted by molar-refractivity contribution is 5.78. The van der Waals surface area contributed by atoms with Gasteiger partial charge in [-0.05, 0) is 38.0 Å². The van der Waals surface area contributed by atoms with E-state index in [9.17, 15) is 4.79 Å². The maximum atomic E-state index is 11.0. The highest BCUT2D eigenvalue weighted by atomic mass is 16.5. The quantitative estimate of drug-likeness (QED) is 0.644. The molecule has 1 heterocycles. The van der Waals surface area contributed by atoms with Crippen LogP contribution in [0.3, 0.4) is 0 Å². The fraction of sp³-hybridized carbons (Fsp3) is 0.923. The molecule has 1 unspecified atom stereocenters. The van der Waals surface area contributed by atoms with Gasteiger partial charge < -0.3 is 20.3 Å². The van der Waals surface area contributed by atoms with Crippen LogP contribution in [0.2, 0.25) is 0 Å². The van der Waals surface area contributed by atoms with Crippen molar-refractivity contribution in [1.29, 1.82) is 0 Å². The van der Waals surface area contributed by atoms with Crippen molar-refractivity contribution in [2.45, 2.75) is 44.6 Å². The minimum absolute atomic E-state index is 0.447. The predicted octanol–water partition coefficient (Wildman–Crippen LogP) is 1.40. The highest BCUT2D eigenvalue weighted by Crippen LogP contribution is 2.17. The number of ether oxygens (including phenoxy) is 2. The van der Waals surface area contributed by atoms with E-state index < -0.39 is 11.5 Å². The number of rotatable bonds is 8. The summed E-state index contributed by atoms with van der Waals surface area (Å²) in [5.74, 6) is -0.332. The lowest BCUT2D eigenvalue weighted by Crippen LogP contribution is -2.47. The molecule has 0 aromatic heterocycles. The number of carboxylic acid groups (broad SMARTS) is 1. The molecule has 1 aliphatic rings. The van der Waals surface area contributed by atoms with Gasteiger partial charge in [0, 0.05) is 26.4 Å². The van der Waals surface area contributed by atoms with Gasteiger partial charge in [-0.2, -0.15) is 0 Å². The zero-order valence-electron chi connectivity index (χ0n) is 11.2. The first-order valence-electron chi connectivity index (χ1n) is 6.76. The first-order chi connectivity index (χ1) is 8.58. The van der Waals surface area contributed by atoms with E-state index in [1.807, 2.05) is 0 Å². The second-order valence-corrected chi connectivity index (χ2v) is 5.05. The van der Waals surface area contributed by atoms with Crippen molar-refractivity contribution in [1.82, 2.24) is 0 Å². The molecule has 18 heavy (non-hydrogen) atoms. The van der Waals surface area contributed by atoms with Crippen molar-refractivity contribution >= 4 is 5.97 Å². The van der Waals surface area contributed by atoms with Gasteiger partial charge in [0.2, 0.25) is 0 Å². The van der Waals surface area contributed by atoms with Crippen LogP contribution in [-0.4, -0.2) is 43.0 Å². The average Bonchev–Trinajstić information content (AvgIpc) is 2.39. The van der Waals surface area contributed by atoms with Crippen LogP contribution >= 0.6 is 0 Å². The van der Waals surface area contributed by atoms with Crippen LogP contribution in [0.4, 0.5) is 0 Å². The molecule has 1 fully saturated rings. The summed E-state index contributed by atoms with van der Waals surface area (Å²) in [7, 11) is 0. The molecule has 0 radical (unpaired) electrons. The first-order valence-corrected chi connectivity index (χ1v) is 6.76. The molecule has 1 saturated heterocycles. The summed E-state index contributed by atoms with van der Waals surface area (Å²) in [4.78, 5) is 11.0. The zero-order valence-corrected chi connectivity index (χ0v) is 11.2. The summed E-state index contributed by atoms with van der Waals surface area (Å²) in [6.07, 6.45) is 3.73. The SMILES string of the molecule is CCC(N)(CCCOCC1CCOCC1)C(=O)O. The van der Waals surface area contributed by atoms with Gasteiger partial charge in [0.25, 0.3) is 0 Å². The molecule has 0 aliphatic carbocycles. The van der Waals surface area contributed by atoms with Crippen molar-refractivity contribution < 1.29 is 19.4 Å². The van der Waals surface area contributed by atoms with Crippen molar-refractivity contribution in [2.24, 2.45) is 11.7 Å². The minimum atomic E-state index is -1.10. The molecule has 106 valence electrons. The molecule has 1 atom stereocenters. The van der Waals surface area contributed by atoms with Crippen LogP contribution < -0.4 is 5.73 Å². The van der Waals surface area contributed by atoms with E-state index in [1.165, 1.54) is 0 Å². The second-order valence-electron chi connectivity index (χ2n) is 5.05. The van der Waals surface area contributed by atoms with E-state index in [2.05, 4.69) is 0 Å². The van der Waals surface area contributed by atoms with Gasteiger partial charge >= 0.3 is 5.97 Å². The summed E-state index contributed by atoms with van der Waals surface area (Å²) in [6, 6.07) is 0. The largest absolute Gasteiger partial charge is 0.480 e. The van der Waals surface area contributed by atoms with Crippen LogP contribution in [0.25, 0.3) is 0 Å². The molecule has 0 amide bonds. The molecule has 0 spiro atoms. The summed E-state index contributed by atoms with van der Waals surface area (Å²) < 4.78 is 10.9. The molecule has 5 heteroatoms. The third kappa shape index (κ3) is 4.92. The standard InChI is InChI=1S/C13H25NO4/c1-2-13(14,12(15)16)6-3-7-18-10-11-4-8-17-9-5-11/h11H,2-10,14H2,1H3,(H,15,16). The van der Waals surface area contributed by atoms with E-state index in [1.54, 1.807) is 6.92 Å². The Bertz CT molecular complexity index is 253. The Morgan fingerprint density at radius 2 is 2.17 bits per heavy atom. The smallest absolute Gasteiger partial charge is 0.323 e. The second kappa shape index (κ2) is 7.71. The first kappa shape index (κ1) is 15.4. The maximum Gasteiger partial charge on any atom is 0.323 e. The Kier molecular flexibility index (Phi) is 6.60. The van der Waals surface area contributed by atoms with Gasteiger partial charge in [-0.25, -0.2) is 0 Å². The zero-order chi connectivity index (χ0) is 13.4. The fourth-order valence-electron chi connectivity index (χ4n) is 2.09. The van der Waals surface area contributed by atoms with Gasteiger partial charge in [0.15, 0.2) is 0 Å². The molecule has 5 nitrogen and oxygen atoms in total. The van der Waals surface area contributed by atoms with E-state index in [4.69, 9.17) is 20.3 Å². The number of hydrogen-bond donors (Lipinski definition) is 2. The number of carbonyl (C=O) groups is 1. The molecule has 1 aliphatic heterocycles. The van der Waals surface area contributed by atoms with Crippen LogP contribution in [0.15, 0.2) is 0 Å². The Hall–Kier alpha value is -0.650. The molecular formula is C13H25NO4. The lowest BCUT2D eigenvalue weighted by molar-refractivity contribution is -0.143. The highest BCUT2D eigenvalue weighted by Gasteiger charge is 2.30. The van der Waals surface area contributed by atoms with Gasteiger partial charge in [-0.15, -0.1) is 0 Å². The van der Waals surface area contributed by atoms with Crippen molar-refractivity contribution in [2.75, 3.05) is 26.4 Å². The number of nitrogens with two attached hydrogens (primary N) is 1. The van der Waals surface area contributed by atoms with Crippen LogP contribution in [0, 0.1) is 5.92 Å². The Labute approximate surface area is 109 Å². The third-order valence-corrected chi connectivity index (χ3v) is 3.66. The minimum Gasteiger partial charge on any atom is -0.480 e. The van der Waals surface area contributed by atoms with Crippen LogP contribution in [0.5, 0.6) is 0 Å². The monoisotopic (exact) mass is 259 g/mol. The van der Waals surface area contributed by atoms with Gasteiger partial charge in [0.1, 0.15) is 5.54 Å². The fourth-order valence-corrected chi connectivity index (χ4v) is 2.09. The van der Waals surface area contributed by atoms with Crippen molar-refractivity contribution in [3.05, 3.63) is 0 Å². The summed E-state index contributed by atoms with van der Waals surface area (Å²) >= 11 is 0. The Balaban J connectivity index is 2.08. The molecule has 3 N–H and O–H groups in total. The maximum absolute atomic E-state index is 11.0. The van der Waals surface area contributed by atoms with Gasteiger partial charge in [-0.3, -0.25) is 4.79 Å². The topological polar surface area (TPSA) is 81.8 Å². The molecule has 0 aromatic rings. The molecule has 1 rings (SSSR count). The predicted molar refractivity (Wildman–Crippen MR) is 68.4 cm³/mol. The lowest BCUT2D eigenvalue weighted by atomic mass is 9.92. The number of carboxylic acids is 1. The third-order valence-electron chi connectivity index (χ3n) is 3.66. The van der Waals surface area contributed by atoms with E-state index >= 15 is 0 Å². The van der Waals surface area contributed by atoms with E-state index in [0.717, 1.165) is 32.7 Å². The van der Waals surface area contributed by atoms with E-state index in [-0.39, 0.29) is 0 Å². The van der Waals surface area contributed by atoms with Crippen LogP contribution in [-0.2, 0) is 14.3 Å². The lowest BCUT2D eigenvalue weighted by Gasteiger charge is -2.24. The normalized spacial score (nSPS) is 20.6. The van der Waals surface area contributed by atoms with Crippen molar-refractivity contribution in [3.63, 3.8) is 0 Å². The average molecular weight is 259 g/mol. The molecule has 0 saturated carbocycles. The number of hydrogen-bond acceptors (Lipinski definition) is 4. The van der Waals surface area contributed by atoms with Gasteiger partial charge in [0.05, 0.1) is 0 Å². The number of aliphatic carboxylic acids is 1. The van der Waals surface area contributed by atoms with Crippen LogP contribution in [0.1, 0.15) is 39.0 Å². The van der Waals surface area contributed by atoms with E-state index in [0.29, 0.717) is 31.8 Å².